The quantitative estimate of drug-likeness (QED) is 0.918. The smallest absolute Gasteiger partial charge is 0.307 e. The molecule has 0 atom stereocenters. The molecule has 0 fully saturated rings. The molecule has 0 saturated carbocycles. The molecule has 110 valence electrons. The molecule has 21 heavy (non-hydrogen) atoms. The third-order valence-electron chi connectivity index (χ3n) is 3.26. The standard InChI is InChI=1S/C16H17FN2O2/c1-3-13-12(9-15(20)21)14(4-2)19-16(18-13)10-6-5-7-11(17)8-10/h5-8H,3-4,9H2,1-2H3,(H,20,21). The lowest BCUT2D eigenvalue weighted by molar-refractivity contribution is -0.136. The second-order valence-electron chi connectivity index (χ2n) is 4.71. The second-order valence-corrected chi connectivity index (χ2v) is 4.71. The number of hydrogen-bond acceptors (Lipinski definition) is 3. The number of carbonyl (C=O) groups is 1. The summed E-state index contributed by atoms with van der Waals surface area (Å²) in [7, 11) is 0. The fourth-order valence-electron chi connectivity index (χ4n) is 2.28. The Morgan fingerprint density at radius 2 is 1.81 bits per heavy atom. The summed E-state index contributed by atoms with van der Waals surface area (Å²) < 4.78 is 13.3. The minimum Gasteiger partial charge on any atom is -0.481 e. The van der Waals surface area contributed by atoms with E-state index in [1.54, 1.807) is 12.1 Å². The fraction of sp³-hybridized carbons (Fsp3) is 0.312. The van der Waals surface area contributed by atoms with Crippen molar-refractivity contribution in [2.24, 2.45) is 0 Å². The van der Waals surface area contributed by atoms with E-state index >= 15 is 0 Å². The summed E-state index contributed by atoms with van der Waals surface area (Å²) in [6.07, 6.45) is 1.14. The molecule has 1 aromatic heterocycles. The van der Waals surface area contributed by atoms with Crippen LogP contribution in [0.4, 0.5) is 4.39 Å². The van der Waals surface area contributed by atoms with Crippen LogP contribution in [0.3, 0.4) is 0 Å². The number of aliphatic carboxylic acids is 1. The van der Waals surface area contributed by atoms with E-state index in [9.17, 15) is 9.18 Å². The first-order valence-corrected chi connectivity index (χ1v) is 6.91. The van der Waals surface area contributed by atoms with E-state index in [-0.39, 0.29) is 12.2 Å². The van der Waals surface area contributed by atoms with Crippen molar-refractivity contribution in [2.45, 2.75) is 33.1 Å². The molecule has 0 radical (unpaired) electrons. The summed E-state index contributed by atoms with van der Waals surface area (Å²) in [5.41, 5.74) is 2.70. The minimum atomic E-state index is -0.901. The Morgan fingerprint density at radius 3 is 2.29 bits per heavy atom. The largest absolute Gasteiger partial charge is 0.481 e. The van der Waals surface area contributed by atoms with Gasteiger partial charge in [-0.1, -0.05) is 26.0 Å². The van der Waals surface area contributed by atoms with E-state index < -0.39 is 5.97 Å². The zero-order valence-electron chi connectivity index (χ0n) is 12.1. The average molecular weight is 288 g/mol. The van der Waals surface area contributed by atoms with Crippen molar-refractivity contribution in [1.29, 1.82) is 0 Å². The van der Waals surface area contributed by atoms with E-state index in [4.69, 9.17) is 5.11 Å². The fourth-order valence-corrected chi connectivity index (χ4v) is 2.28. The van der Waals surface area contributed by atoms with Crippen molar-refractivity contribution in [1.82, 2.24) is 9.97 Å². The molecule has 0 aliphatic heterocycles. The summed E-state index contributed by atoms with van der Waals surface area (Å²) >= 11 is 0. The van der Waals surface area contributed by atoms with Gasteiger partial charge in [0.25, 0.3) is 0 Å². The maximum Gasteiger partial charge on any atom is 0.307 e. The number of aromatic nitrogens is 2. The van der Waals surface area contributed by atoms with Crippen molar-refractivity contribution in [3.8, 4) is 11.4 Å². The Labute approximate surface area is 122 Å². The second kappa shape index (κ2) is 6.43. The normalized spacial score (nSPS) is 10.6. The van der Waals surface area contributed by atoms with Gasteiger partial charge in [-0.15, -0.1) is 0 Å². The molecule has 0 aliphatic rings. The molecule has 2 rings (SSSR count). The van der Waals surface area contributed by atoms with Crippen molar-refractivity contribution in [3.05, 3.63) is 47.0 Å². The van der Waals surface area contributed by atoms with Crippen molar-refractivity contribution < 1.29 is 14.3 Å². The van der Waals surface area contributed by atoms with Crippen LogP contribution in [0.25, 0.3) is 11.4 Å². The number of carboxylic acid groups (broad SMARTS) is 1. The van der Waals surface area contributed by atoms with Gasteiger partial charge in [-0.3, -0.25) is 4.79 Å². The van der Waals surface area contributed by atoms with Crippen LogP contribution in [0.1, 0.15) is 30.8 Å². The zero-order chi connectivity index (χ0) is 15.4. The highest BCUT2D eigenvalue weighted by Crippen LogP contribution is 2.21. The maximum absolute atomic E-state index is 13.3. The molecule has 1 heterocycles. The Bertz CT molecular complexity index is 646. The van der Waals surface area contributed by atoms with Gasteiger partial charge in [0.2, 0.25) is 0 Å². The molecule has 1 N–H and O–H groups in total. The Kier molecular flexibility index (Phi) is 4.62. The van der Waals surface area contributed by atoms with Gasteiger partial charge in [0, 0.05) is 22.5 Å². The van der Waals surface area contributed by atoms with Gasteiger partial charge < -0.3 is 5.11 Å². The van der Waals surface area contributed by atoms with Crippen LogP contribution in [0.5, 0.6) is 0 Å². The Balaban J connectivity index is 2.57. The number of halogens is 1. The van der Waals surface area contributed by atoms with Gasteiger partial charge in [0.1, 0.15) is 5.82 Å². The van der Waals surface area contributed by atoms with Crippen LogP contribution in [0.2, 0.25) is 0 Å². The molecule has 5 heteroatoms. The minimum absolute atomic E-state index is 0.0875. The SMILES string of the molecule is CCc1nc(-c2cccc(F)c2)nc(CC)c1CC(=O)O. The molecule has 0 spiro atoms. The molecular formula is C16H17FN2O2. The summed E-state index contributed by atoms with van der Waals surface area (Å²) in [5, 5.41) is 9.02. The van der Waals surface area contributed by atoms with Gasteiger partial charge in [-0.05, 0) is 25.0 Å². The topological polar surface area (TPSA) is 63.1 Å². The predicted octanol–water partition coefficient (Wildman–Crippen LogP) is 3.03. The summed E-state index contributed by atoms with van der Waals surface area (Å²) in [4.78, 5) is 19.8. The number of carboxylic acids is 1. The molecule has 0 amide bonds. The first-order valence-electron chi connectivity index (χ1n) is 6.91. The number of hydrogen-bond donors (Lipinski definition) is 1. The number of benzene rings is 1. The van der Waals surface area contributed by atoms with Gasteiger partial charge in [-0.25, -0.2) is 14.4 Å². The van der Waals surface area contributed by atoms with E-state index in [2.05, 4.69) is 9.97 Å². The lowest BCUT2D eigenvalue weighted by Gasteiger charge is -2.12. The van der Waals surface area contributed by atoms with Crippen LogP contribution in [-0.4, -0.2) is 21.0 Å². The molecule has 1 aromatic carbocycles. The highest BCUT2D eigenvalue weighted by Gasteiger charge is 2.16. The lowest BCUT2D eigenvalue weighted by atomic mass is 10.0. The van der Waals surface area contributed by atoms with Crippen molar-refractivity contribution >= 4 is 5.97 Å². The van der Waals surface area contributed by atoms with Gasteiger partial charge >= 0.3 is 5.97 Å². The number of nitrogens with zero attached hydrogens (tertiary/aromatic N) is 2. The highest BCUT2D eigenvalue weighted by atomic mass is 19.1. The third kappa shape index (κ3) is 3.42. The zero-order valence-corrected chi connectivity index (χ0v) is 12.1. The average Bonchev–Trinajstić information content (AvgIpc) is 2.46. The first-order chi connectivity index (χ1) is 10.0. The monoisotopic (exact) mass is 288 g/mol. The van der Waals surface area contributed by atoms with E-state index in [0.29, 0.717) is 41.2 Å². The molecule has 4 nitrogen and oxygen atoms in total. The molecule has 2 aromatic rings. The molecule has 0 saturated heterocycles. The van der Waals surface area contributed by atoms with E-state index in [0.717, 1.165) is 0 Å². The van der Waals surface area contributed by atoms with Gasteiger partial charge in [0.15, 0.2) is 5.82 Å². The number of aryl methyl sites for hydroxylation is 2. The molecule has 0 bridgehead atoms. The predicted molar refractivity (Wildman–Crippen MR) is 77.5 cm³/mol. The van der Waals surface area contributed by atoms with Gasteiger partial charge in [-0.2, -0.15) is 0 Å². The van der Waals surface area contributed by atoms with Crippen molar-refractivity contribution in [3.63, 3.8) is 0 Å². The van der Waals surface area contributed by atoms with E-state index in [1.165, 1.54) is 12.1 Å². The van der Waals surface area contributed by atoms with Crippen LogP contribution < -0.4 is 0 Å². The van der Waals surface area contributed by atoms with Gasteiger partial charge in [0.05, 0.1) is 6.42 Å². The first kappa shape index (κ1) is 15.1. The Hall–Kier alpha value is -2.30. The number of rotatable bonds is 5. The van der Waals surface area contributed by atoms with Crippen LogP contribution in [0, 0.1) is 5.82 Å². The van der Waals surface area contributed by atoms with Crippen LogP contribution >= 0.6 is 0 Å². The van der Waals surface area contributed by atoms with E-state index in [1.807, 2.05) is 13.8 Å². The molecule has 0 unspecified atom stereocenters. The molecule has 0 aliphatic carbocycles. The van der Waals surface area contributed by atoms with Crippen LogP contribution in [0.15, 0.2) is 24.3 Å². The van der Waals surface area contributed by atoms with Crippen molar-refractivity contribution in [2.75, 3.05) is 0 Å². The summed E-state index contributed by atoms with van der Waals surface area (Å²) in [6, 6.07) is 6.10. The lowest BCUT2D eigenvalue weighted by Crippen LogP contribution is -2.11. The Morgan fingerprint density at radius 1 is 1.19 bits per heavy atom. The highest BCUT2D eigenvalue weighted by molar-refractivity contribution is 5.71. The summed E-state index contributed by atoms with van der Waals surface area (Å²) in [5.74, 6) is -0.805. The third-order valence-corrected chi connectivity index (χ3v) is 3.26. The summed E-state index contributed by atoms with van der Waals surface area (Å²) in [6.45, 7) is 3.84. The van der Waals surface area contributed by atoms with Crippen LogP contribution in [-0.2, 0) is 24.1 Å². The molecular weight excluding hydrogens is 271 g/mol. The maximum atomic E-state index is 13.3.